The zero-order valence-corrected chi connectivity index (χ0v) is 16.0. The van der Waals surface area contributed by atoms with Gasteiger partial charge in [0.15, 0.2) is 6.10 Å². The second-order valence-electron chi connectivity index (χ2n) is 7.06. The van der Waals surface area contributed by atoms with E-state index in [0.29, 0.717) is 5.39 Å². The van der Waals surface area contributed by atoms with Crippen molar-refractivity contribution in [3.05, 3.63) is 51.9 Å². The maximum atomic E-state index is 12.0. The molecule has 0 spiro atoms. The van der Waals surface area contributed by atoms with Crippen LogP contribution in [0.15, 0.2) is 45.1 Å². The lowest BCUT2D eigenvalue weighted by Gasteiger charge is -2.33. The number of methoxy groups -OCH3 is 1. The van der Waals surface area contributed by atoms with Crippen molar-refractivity contribution in [3.63, 3.8) is 0 Å². The number of hydrogen-bond donors (Lipinski definition) is 2. The standard InChI is InChI=1S/C20H24O7/c1-11(2)8-17(22)27-19(20(3,4)24)18(23)13-9-12-6-7-16(21)26-14(12)10-15(13)25-5/h6-10,18-19,23-24H,1-5H3/t18-,19-/m1/s1. The number of hydrogen-bond acceptors (Lipinski definition) is 7. The molecule has 7 nitrogen and oxygen atoms in total. The fourth-order valence-electron chi connectivity index (χ4n) is 2.68. The maximum absolute atomic E-state index is 12.0. The summed E-state index contributed by atoms with van der Waals surface area (Å²) in [6.45, 7) is 6.33. The molecular weight excluding hydrogens is 352 g/mol. The molecule has 2 aromatic rings. The highest BCUT2D eigenvalue weighted by molar-refractivity contribution is 5.83. The van der Waals surface area contributed by atoms with E-state index in [1.54, 1.807) is 26.0 Å². The number of allylic oxidation sites excluding steroid dienone is 1. The minimum Gasteiger partial charge on any atom is -0.496 e. The monoisotopic (exact) mass is 376 g/mol. The summed E-state index contributed by atoms with van der Waals surface area (Å²) in [6.07, 6.45) is -1.37. The van der Waals surface area contributed by atoms with Crippen LogP contribution in [0.3, 0.4) is 0 Å². The zero-order valence-electron chi connectivity index (χ0n) is 16.0. The van der Waals surface area contributed by atoms with Gasteiger partial charge >= 0.3 is 11.6 Å². The van der Waals surface area contributed by atoms with Crippen LogP contribution in [-0.2, 0) is 9.53 Å². The summed E-state index contributed by atoms with van der Waals surface area (Å²) in [5.74, 6) is -0.441. The number of fused-ring (bicyclic) bond motifs is 1. The number of carbonyl (C=O) groups is 1. The molecular formula is C20H24O7. The maximum Gasteiger partial charge on any atom is 0.336 e. The average Bonchev–Trinajstić information content (AvgIpc) is 2.56. The Morgan fingerprint density at radius 2 is 1.93 bits per heavy atom. The molecule has 1 aromatic heterocycles. The van der Waals surface area contributed by atoms with E-state index in [1.165, 1.54) is 39.2 Å². The molecule has 0 aliphatic carbocycles. The molecule has 1 aromatic carbocycles. The summed E-state index contributed by atoms with van der Waals surface area (Å²) in [5, 5.41) is 21.9. The van der Waals surface area contributed by atoms with E-state index in [9.17, 15) is 19.8 Å². The van der Waals surface area contributed by atoms with Gasteiger partial charge in [-0.1, -0.05) is 5.57 Å². The van der Waals surface area contributed by atoms with Crippen LogP contribution in [0.2, 0.25) is 0 Å². The Hall–Kier alpha value is -2.64. The Morgan fingerprint density at radius 3 is 2.48 bits per heavy atom. The first-order valence-electron chi connectivity index (χ1n) is 8.40. The van der Waals surface area contributed by atoms with Gasteiger partial charge < -0.3 is 24.1 Å². The Morgan fingerprint density at radius 1 is 1.26 bits per heavy atom. The van der Waals surface area contributed by atoms with E-state index in [1.807, 2.05) is 0 Å². The highest BCUT2D eigenvalue weighted by atomic mass is 16.6. The van der Waals surface area contributed by atoms with Crippen molar-refractivity contribution >= 4 is 16.9 Å². The number of benzene rings is 1. The van der Waals surface area contributed by atoms with E-state index < -0.39 is 29.4 Å². The highest BCUT2D eigenvalue weighted by Gasteiger charge is 2.38. The van der Waals surface area contributed by atoms with E-state index in [-0.39, 0.29) is 16.9 Å². The van der Waals surface area contributed by atoms with Crippen LogP contribution in [0.1, 0.15) is 39.4 Å². The van der Waals surface area contributed by atoms with Crippen LogP contribution in [0, 0.1) is 0 Å². The van der Waals surface area contributed by atoms with Gasteiger partial charge in [-0.2, -0.15) is 0 Å². The zero-order chi connectivity index (χ0) is 20.4. The third-order valence-corrected chi connectivity index (χ3v) is 3.92. The van der Waals surface area contributed by atoms with Gasteiger partial charge in [-0.25, -0.2) is 9.59 Å². The molecule has 0 amide bonds. The molecule has 146 valence electrons. The molecule has 0 unspecified atom stereocenters. The molecule has 0 bridgehead atoms. The van der Waals surface area contributed by atoms with Crippen molar-refractivity contribution in [1.29, 1.82) is 0 Å². The molecule has 0 radical (unpaired) electrons. The van der Waals surface area contributed by atoms with Crippen LogP contribution in [0.4, 0.5) is 0 Å². The van der Waals surface area contributed by atoms with Crippen LogP contribution in [0.5, 0.6) is 5.75 Å². The molecule has 0 aliphatic rings. The Balaban J connectivity index is 2.51. The first-order valence-corrected chi connectivity index (χ1v) is 8.40. The molecule has 1 heterocycles. The van der Waals surface area contributed by atoms with Gasteiger partial charge in [-0.3, -0.25) is 0 Å². The lowest BCUT2D eigenvalue weighted by atomic mass is 9.91. The first-order chi connectivity index (χ1) is 12.5. The molecule has 0 fully saturated rings. The van der Waals surface area contributed by atoms with E-state index in [4.69, 9.17) is 13.9 Å². The molecule has 27 heavy (non-hydrogen) atoms. The Kier molecular flexibility index (Phi) is 6.08. The predicted molar refractivity (Wildman–Crippen MR) is 99.6 cm³/mol. The lowest BCUT2D eigenvalue weighted by molar-refractivity contribution is -0.171. The minimum atomic E-state index is -1.53. The van der Waals surface area contributed by atoms with Crippen molar-refractivity contribution < 1.29 is 28.9 Å². The summed E-state index contributed by atoms with van der Waals surface area (Å²) in [5.41, 5.74) is -0.744. The second kappa shape index (κ2) is 7.94. The quantitative estimate of drug-likeness (QED) is 0.453. The second-order valence-corrected chi connectivity index (χ2v) is 7.06. The Bertz CT molecular complexity index is 914. The number of rotatable bonds is 6. The third kappa shape index (κ3) is 4.96. The largest absolute Gasteiger partial charge is 0.496 e. The van der Waals surface area contributed by atoms with Gasteiger partial charge in [0.25, 0.3) is 0 Å². The molecule has 0 aliphatic heterocycles. The number of esters is 1. The summed E-state index contributed by atoms with van der Waals surface area (Å²) < 4.78 is 15.7. The van der Waals surface area contributed by atoms with E-state index in [0.717, 1.165) is 5.57 Å². The van der Waals surface area contributed by atoms with Crippen LogP contribution in [-0.4, -0.2) is 35.0 Å². The fourth-order valence-corrected chi connectivity index (χ4v) is 2.68. The number of carbonyl (C=O) groups excluding carboxylic acids is 1. The van der Waals surface area contributed by atoms with Crippen molar-refractivity contribution in [1.82, 2.24) is 0 Å². The lowest BCUT2D eigenvalue weighted by Crippen LogP contribution is -2.43. The van der Waals surface area contributed by atoms with Crippen molar-refractivity contribution in [2.75, 3.05) is 7.11 Å². The molecule has 0 saturated carbocycles. The van der Waals surface area contributed by atoms with Gasteiger partial charge in [-0.15, -0.1) is 0 Å². The van der Waals surface area contributed by atoms with Crippen LogP contribution >= 0.6 is 0 Å². The third-order valence-electron chi connectivity index (χ3n) is 3.92. The average molecular weight is 376 g/mol. The fraction of sp³-hybridized carbons (Fsp3) is 0.400. The van der Waals surface area contributed by atoms with E-state index >= 15 is 0 Å². The van der Waals surface area contributed by atoms with Crippen molar-refractivity contribution in [3.8, 4) is 5.75 Å². The van der Waals surface area contributed by atoms with Crippen LogP contribution < -0.4 is 10.4 Å². The number of aliphatic hydroxyl groups excluding tert-OH is 1. The number of aliphatic hydroxyl groups is 2. The normalized spacial score (nSPS) is 13.7. The van der Waals surface area contributed by atoms with Gasteiger partial charge in [0.1, 0.15) is 17.4 Å². The highest BCUT2D eigenvalue weighted by Crippen LogP contribution is 2.35. The van der Waals surface area contributed by atoms with Gasteiger partial charge in [-0.05, 0) is 39.8 Å². The van der Waals surface area contributed by atoms with Crippen molar-refractivity contribution in [2.24, 2.45) is 0 Å². The summed E-state index contributed by atoms with van der Waals surface area (Å²) in [4.78, 5) is 23.4. The van der Waals surface area contributed by atoms with Crippen molar-refractivity contribution in [2.45, 2.75) is 45.5 Å². The minimum absolute atomic E-state index is 0.233. The molecule has 2 N–H and O–H groups in total. The molecule has 2 rings (SSSR count). The number of ether oxygens (including phenoxy) is 2. The van der Waals surface area contributed by atoms with Gasteiger partial charge in [0, 0.05) is 29.2 Å². The van der Waals surface area contributed by atoms with E-state index in [2.05, 4.69) is 0 Å². The summed E-state index contributed by atoms with van der Waals surface area (Å²) in [7, 11) is 1.40. The predicted octanol–water partition coefficient (Wildman–Crippen LogP) is 2.48. The van der Waals surface area contributed by atoms with Crippen LogP contribution in [0.25, 0.3) is 11.0 Å². The topological polar surface area (TPSA) is 106 Å². The summed E-state index contributed by atoms with van der Waals surface area (Å²) >= 11 is 0. The molecule has 0 saturated heterocycles. The summed E-state index contributed by atoms with van der Waals surface area (Å²) in [6, 6.07) is 5.84. The smallest absolute Gasteiger partial charge is 0.336 e. The van der Waals surface area contributed by atoms with Gasteiger partial charge in [0.05, 0.1) is 12.7 Å². The first kappa shape index (κ1) is 20.7. The molecule has 2 atom stereocenters. The Labute approximate surface area is 156 Å². The molecule has 7 heteroatoms. The van der Waals surface area contributed by atoms with Gasteiger partial charge in [0.2, 0.25) is 0 Å². The SMILES string of the molecule is COc1cc2oc(=O)ccc2cc1[C@@H](O)[C@@H](OC(=O)C=C(C)C)C(C)(C)O.